The summed E-state index contributed by atoms with van der Waals surface area (Å²) in [5, 5.41) is 30.0. The van der Waals surface area contributed by atoms with E-state index in [4.69, 9.17) is 4.74 Å². The van der Waals surface area contributed by atoms with Gasteiger partial charge in [-0.1, -0.05) is 13.8 Å². The second-order valence-corrected chi connectivity index (χ2v) is 6.42. The van der Waals surface area contributed by atoms with Gasteiger partial charge in [0.05, 0.1) is 18.2 Å². The number of benzene rings is 1. The second kappa shape index (κ2) is 7.57. The summed E-state index contributed by atoms with van der Waals surface area (Å²) in [6.07, 6.45) is 0.167. The molecule has 2 rings (SSSR count). The number of rotatable bonds is 7. The van der Waals surface area contributed by atoms with E-state index < -0.39 is 17.7 Å². The molecule has 0 saturated carbocycles. The van der Waals surface area contributed by atoms with Crippen LogP contribution in [0.1, 0.15) is 31.9 Å². The number of aromatic hydroxyl groups is 2. The van der Waals surface area contributed by atoms with Crippen LogP contribution in [0.15, 0.2) is 29.5 Å². The lowest BCUT2D eigenvalue weighted by atomic mass is 9.91. The minimum absolute atomic E-state index is 0.0317. The maximum Gasteiger partial charge on any atom is 0.290 e. The molecule has 0 bridgehead atoms. The summed E-state index contributed by atoms with van der Waals surface area (Å²) < 4.78 is 5.00. The van der Waals surface area contributed by atoms with Gasteiger partial charge in [0.15, 0.2) is 11.5 Å². The number of hydrogen-bond acceptors (Lipinski definition) is 6. The Kier molecular flexibility index (Phi) is 5.69. The lowest BCUT2D eigenvalue weighted by Gasteiger charge is -2.27. The number of phenols is 2. The number of Topliss-reactive ketones (excluding diaryl/α,β-unsaturated/α-hetero) is 1. The van der Waals surface area contributed by atoms with Gasteiger partial charge >= 0.3 is 0 Å². The van der Waals surface area contributed by atoms with E-state index in [0.29, 0.717) is 0 Å². The van der Waals surface area contributed by atoms with E-state index >= 15 is 0 Å². The number of aliphatic hydroxyl groups excluding tert-OH is 1. The van der Waals surface area contributed by atoms with Crippen LogP contribution in [-0.2, 0) is 14.3 Å². The van der Waals surface area contributed by atoms with Gasteiger partial charge in [-0.15, -0.1) is 0 Å². The molecule has 1 unspecified atom stereocenters. The van der Waals surface area contributed by atoms with E-state index in [1.807, 2.05) is 13.8 Å². The SMILES string of the molecule is COCCN1C(=O)C(O)=C(C(=O)CC(C)C)C1c1ccc(O)cc1O. The fourth-order valence-electron chi connectivity index (χ4n) is 2.93. The average Bonchev–Trinajstić information content (AvgIpc) is 2.76. The first kappa shape index (κ1) is 18.8. The Bertz CT molecular complexity index is 710. The normalized spacial score (nSPS) is 17.7. The van der Waals surface area contributed by atoms with Crippen LogP contribution in [0.5, 0.6) is 11.5 Å². The molecule has 1 atom stereocenters. The molecule has 25 heavy (non-hydrogen) atoms. The zero-order chi connectivity index (χ0) is 18.7. The van der Waals surface area contributed by atoms with Gasteiger partial charge in [-0.2, -0.15) is 0 Å². The zero-order valence-corrected chi connectivity index (χ0v) is 14.5. The monoisotopic (exact) mass is 349 g/mol. The molecule has 0 spiro atoms. The molecule has 0 saturated heterocycles. The summed E-state index contributed by atoms with van der Waals surface area (Å²) >= 11 is 0. The van der Waals surface area contributed by atoms with Gasteiger partial charge in [0.1, 0.15) is 11.5 Å². The highest BCUT2D eigenvalue weighted by atomic mass is 16.5. The third-order valence-electron chi connectivity index (χ3n) is 4.04. The molecule has 0 aliphatic carbocycles. The first-order valence-electron chi connectivity index (χ1n) is 8.06. The molecule has 1 aromatic rings. The molecule has 0 fully saturated rings. The lowest BCUT2D eigenvalue weighted by molar-refractivity contribution is -0.130. The van der Waals surface area contributed by atoms with E-state index in [2.05, 4.69) is 0 Å². The number of carbonyl (C=O) groups excluding carboxylic acids is 2. The molecule has 136 valence electrons. The molecule has 3 N–H and O–H groups in total. The maximum absolute atomic E-state index is 12.6. The van der Waals surface area contributed by atoms with Crippen LogP contribution >= 0.6 is 0 Å². The molecule has 0 radical (unpaired) electrons. The predicted octanol–water partition coefficient (Wildman–Crippen LogP) is 2.05. The third kappa shape index (κ3) is 3.76. The Morgan fingerprint density at radius 1 is 1.28 bits per heavy atom. The number of phenolic OH excluding ortho intramolecular Hbond substituents is 2. The summed E-state index contributed by atoms with van der Waals surface area (Å²) in [7, 11) is 1.48. The fourth-order valence-corrected chi connectivity index (χ4v) is 2.93. The summed E-state index contributed by atoms with van der Waals surface area (Å²) in [4.78, 5) is 26.4. The van der Waals surface area contributed by atoms with Crippen LogP contribution in [-0.4, -0.2) is 52.2 Å². The van der Waals surface area contributed by atoms with E-state index in [1.54, 1.807) is 0 Å². The van der Waals surface area contributed by atoms with Crippen molar-refractivity contribution in [2.45, 2.75) is 26.3 Å². The third-order valence-corrected chi connectivity index (χ3v) is 4.04. The molecular formula is C18H23NO6. The number of nitrogens with zero attached hydrogens (tertiary/aromatic N) is 1. The highest BCUT2D eigenvalue weighted by Gasteiger charge is 2.44. The van der Waals surface area contributed by atoms with Gasteiger partial charge in [0, 0.05) is 31.7 Å². The van der Waals surface area contributed by atoms with Gasteiger partial charge in [-0.3, -0.25) is 9.59 Å². The maximum atomic E-state index is 12.6. The molecule has 7 nitrogen and oxygen atoms in total. The minimum atomic E-state index is -0.922. The number of hydrogen-bond donors (Lipinski definition) is 3. The summed E-state index contributed by atoms with van der Waals surface area (Å²) in [6, 6.07) is 3.00. The largest absolute Gasteiger partial charge is 0.508 e. The molecule has 0 aromatic heterocycles. The average molecular weight is 349 g/mol. The lowest BCUT2D eigenvalue weighted by Crippen LogP contribution is -2.34. The van der Waals surface area contributed by atoms with Crippen molar-refractivity contribution in [3.05, 3.63) is 35.1 Å². The van der Waals surface area contributed by atoms with Crippen LogP contribution in [0.2, 0.25) is 0 Å². The summed E-state index contributed by atoms with van der Waals surface area (Å²) in [5.74, 6) is -1.98. The van der Waals surface area contributed by atoms with Gasteiger partial charge in [-0.25, -0.2) is 0 Å². The number of ketones is 1. The van der Waals surface area contributed by atoms with Gasteiger partial charge in [0.2, 0.25) is 0 Å². The van der Waals surface area contributed by atoms with Crippen molar-refractivity contribution < 1.29 is 29.6 Å². The highest BCUT2D eigenvalue weighted by Crippen LogP contribution is 2.42. The van der Waals surface area contributed by atoms with E-state index in [1.165, 1.54) is 24.1 Å². The molecule has 7 heteroatoms. The number of amides is 1. The van der Waals surface area contributed by atoms with Gasteiger partial charge < -0.3 is 25.0 Å². The molecule has 1 aliphatic rings. The van der Waals surface area contributed by atoms with Gasteiger partial charge in [0.25, 0.3) is 5.91 Å². The quantitative estimate of drug-likeness (QED) is 0.695. The highest BCUT2D eigenvalue weighted by molar-refractivity contribution is 6.09. The number of ether oxygens (including phenoxy) is 1. The molecule has 1 heterocycles. The van der Waals surface area contributed by atoms with Crippen molar-refractivity contribution >= 4 is 11.7 Å². The van der Waals surface area contributed by atoms with Gasteiger partial charge in [-0.05, 0) is 18.1 Å². The first-order chi connectivity index (χ1) is 11.8. The molecule has 1 aliphatic heterocycles. The van der Waals surface area contributed by atoms with Crippen molar-refractivity contribution in [1.29, 1.82) is 0 Å². The Morgan fingerprint density at radius 3 is 2.52 bits per heavy atom. The standard InChI is InChI=1S/C18H23NO6/c1-10(2)8-14(22)15-16(12-5-4-11(20)9-13(12)21)19(6-7-25-3)18(24)17(15)23/h4-5,9-10,16,20-21,23H,6-8H2,1-3H3. The second-order valence-electron chi connectivity index (χ2n) is 6.42. The topological polar surface area (TPSA) is 107 Å². The number of methoxy groups -OCH3 is 1. The van der Waals surface area contributed by atoms with Crippen LogP contribution < -0.4 is 0 Å². The van der Waals surface area contributed by atoms with Crippen molar-refractivity contribution in [3.8, 4) is 11.5 Å². The Balaban J connectivity index is 2.53. The van der Waals surface area contributed by atoms with Crippen molar-refractivity contribution in [1.82, 2.24) is 4.90 Å². The van der Waals surface area contributed by atoms with Crippen molar-refractivity contribution in [3.63, 3.8) is 0 Å². The summed E-state index contributed by atoms with van der Waals surface area (Å²) in [5.41, 5.74) is 0.231. The van der Waals surface area contributed by atoms with Crippen molar-refractivity contribution in [2.24, 2.45) is 5.92 Å². The smallest absolute Gasteiger partial charge is 0.290 e. The molecular weight excluding hydrogens is 326 g/mol. The van der Waals surface area contributed by atoms with E-state index in [0.717, 1.165) is 6.07 Å². The van der Waals surface area contributed by atoms with E-state index in [-0.39, 0.29) is 53.9 Å². The zero-order valence-electron chi connectivity index (χ0n) is 14.5. The number of carbonyl (C=O) groups is 2. The predicted molar refractivity (Wildman–Crippen MR) is 90.2 cm³/mol. The number of aliphatic hydroxyl groups is 1. The van der Waals surface area contributed by atoms with Crippen LogP contribution in [0, 0.1) is 5.92 Å². The Morgan fingerprint density at radius 2 is 1.96 bits per heavy atom. The van der Waals surface area contributed by atoms with Crippen molar-refractivity contribution in [2.75, 3.05) is 20.3 Å². The Labute approximate surface area is 146 Å². The van der Waals surface area contributed by atoms with Crippen LogP contribution in [0.4, 0.5) is 0 Å². The fraction of sp³-hybridized carbons (Fsp3) is 0.444. The van der Waals surface area contributed by atoms with Crippen LogP contribution in [0.25, 0.3) is 0 Å². The van der Waals surface area contributed by atoms with Crippen LogP contribution in [0.3, 0.4) is 0 Å². The first-order valence-corrected chi connectivity index (χ1v) is 8.06. The minimum Gasteiger partial charge on any atom is -0.508 e. The molecule has 1 amide bonds. The molecule has 1 aromatic carbocycles. The van der Waals surface area contributed by atoms with E-state index in [9.17, 15) is 24.9 Å². The Hall–Kier alpha value is -2.54. The summed E-state index contributed by atoms with van der Waals surface area (Å²) in [6.45, 7) is 4.08.